The van der Waals surface area contributed by atoms with Crippen molar-refractivity contribution in [1.29, 1.82) is 0 Å². The number of rotatable bonds is 8. The quantitative estimate of drug-likeness (QED) is 0.706. The number of sulfone groups is 1. The number of hydrogen-bond donors (Lipinski definition) is 1. The summed E-state index contributed by atoms with van der Waals surface area (Å²) < 4.78 is 29.6. The van der Waals surface area contributed by atoms with Crippen LogP contribution in [0.5, 0.6) is 5.75 Å². The Balaban J connectivity index is 1.64. The van der Waals surface area contributed by atoms with Gasteiger partial charge in [-0.1, -0.05) is 35.9 Å². The van der Waals surface area contributed by atoms with Crippen LogP contribution in [0, 0.1) is 6.92 Å². The maximum absolute atomic E-state index is 11.9. The SMILES string of the molecule is Cc1cccc(OCC(O)CN(Cc2ccc(Cl)cc2)C2CCS(=O)(=O)C2)c1. The molecule has 2 aromatic carbocycles. The molecule has 1 fully saturated rings. The third-order valence-corrected chi connectivity index (χ3v) is 6.90. The molecule has 0 aromatic heterocycles. The highest BCUT2D eigenvalue weighted by Crippen LogP contribution is 2.21. The van der Waals surface area contributed by atoms with Crippen LogP contribution < -0.4 is 4.74 Å². The summed E-state index contributed by atoms with van der Waals surface area (Å²) in [5.41, 5.74) is 2.12. The van der Waals surface area contributed by atoms with Gasteiger partial charge in [-0.2, -0.15) is 0 Å². The fourth-order valence-electron chi connectivity index (χ4n) is 3.45. The molecule has 0 radical (unpaired) electrons. The minimum atomic E-state index is -3.01. The summed E-state index contributed by atoms with van der Waals surface area (Å²) in [7, 11) is -3.01. The van der Waals surface area contributed by atoms with Crippen LogP contribution in [-0.4, -0.2) is 55.2 Å². The number of aryl methyl sites for hydroxylation is 1. The van der Waals surface area contributed by atoms with Crippen LogP contribution in [0.25, 0.3) is 0 Å². The first-order valence-corrected chi connectivity index (χ1v) is 11.6. The Morgan fingerprint density at radius 1 is 1.25 bits per heavy atom. The van der Waals surface area contributed by atoms with E-state index in [1.54, 1.807) is 0 Å². The molecule has 0 aliphatic carbocycles. The molecule has 2 atom stereocenters. The van der Waals surface area contributed by atoms with E-state index in [9.17, 15) is 13.5 Å². The molecule has 0 spiro atoms. The van der Waals surface area contributed by atoms with E-state index in [1.165, 1.54) is 0 Å². The largest absolute Gasteiger partial charge is 0.491 e. The number of benzene rings is 2. The van der Waals surface area contributed by atoms with Gasteiger partial charge in [-0.15, -0.1) is 0 Å². The summed E-state index contributed by atoms with van der Waals surface area (Å²) in [6, 6.07) is 15.1. The number of ether oxygens (including phenoxy) is 1. The summed E-state index contributed by atoms with van der Waals surface area (Å²) in [4.78, 5) is 2.04. The molecule has 0 saturated carbocycles. The Hall–Kier alpha value is -1.60. The predicted molar refractivity (Wildman–Crippen MR) is 112 cm³/mol. The van der Waals surface area contributed by atoms with Gasteiger partial charge in [0.05, 0.1) is 11.5 Å². The third kappa shape index (κ3) is 6.21. The molecule has 7 heteroatoms. The van der Waals surface area contributed by atoms with Gasteiger partial charge in [0.25, 0.3) is 0 Å². The number of halogens is 1. The van der Waals surface area contributed by atoms with Crippen LogP contribution >= 0.6 is 11.6 Å². The van der Waals surface area contributed by atoms with Crippen molar-refractivity contribution in [3.8, 4) is 5.75 Å². The van der Waals surface area contributed by atoms with Crippen molar-refractivity contribution in [2.45, 2.75) is 32.0 Å². The van der Waals surface area contributed by atoms with Crippen molar-refractivity contribution in [1.82, 2.24) is 4.90 Å². The average molecular weight is 424 g/mol. The lowest BCUT2D eigenvalue weighted by atomic mass is 10.1. The second-order valence-electron chi connectivity index (χ2n) is 7.39. The van der Waals surface area contributed by atoms with E-state index in [0.717, 1.165) is 11.1 Å². The Morgan fingerprint density at radius 2 is 2.00 bits per heavy atom. The highest BCUT2D eigenvalue weighted by molar-refractivity contribution is 7.91. The summed E-state index contributed by atoms with van der Waals surface area (Å²) in [5, 5.41) is 11.2. The number of nitrogens with zero attached hydrogens (tertiary/aromatic N) is 1. The first-order valence-electron chi connectivity index (χ1n) is 9.37. The molecule has 3 rings (SSSR count). The summed E-state index contributed by atoms with van der Waals surface area (Å²) in [6.45, 7) is 3.03. The smallest absolute Gasteiger partial charge is 0.151 e. The fraction of sp³-hybridized carbons (Fsp3) is 0.429. The topological polar surface area (TPSA) is 66.8 Å². The van der Waals surface area contributed by atoms with Gasteiger partial charge in [-0.05, 0) is 48.7 Å². The summed E-state index contributed by atoms with van der Waals surface area (Å²) >= 11 is 5.96. The van der Waals surface area contributed by atoms with Crippen LogP contribution in [0.15, 0.2) is 48.5 Å². The molecule has 28 heavy (non-hydrogen) atoms. The minimum absolute atomic E-state index is 0.103. The van der Waals surface area contributed by atoms with Crippen LogP contribution in [0.1, 0.15) is 17.5 Å². The number of hydrogen-bond acceptors (Lipinski definition) is 5. The average Bonchev–Trinajstić information content (AvgIpc) is 3.01. The van der Waals surface area contributed by atoms with Gasteiger partial charge in [0.1, 0.15) is 18.5 Å². The van der Waals surface area contributed by atoms with Crippen LogP contribution in [-0.2, 0) is 16.4 Å². The van der Waals surface area contributed by atoms with Gasteiger partial charge in [0, 0.05) is 24.2 Å². The van der Waals surface area contributed by atoms with E-state index in [2.05, 4.69) is 0 Å². The molecule has 0 bridgehead atoms. The molecule has 2 aromatic rings. The molecule has 2 unspecified atom stereocenters. The zero-order chi connectivity index (χ0) is 20.1. The molecule has 5 nitrogen and oxygen atoms in total. The van der Waals surface area contributed by atoms with Gasteiger partial charge in [-0.3, -0.25) is 4.90 Å². The molecular formula is C21H26ClNO4S. The van der Waals surface area contributed by atoms with E-state index >= 15 is 0 Å². The molecule has 1 heterocycles. The van der Waals surface area contributed by atoms with E-state index in [4.69, 9.17) is 16.3 Å². The van der Waals surface area contributed by atoms with Gasteiger partial charge >= 0.3 is 0 Å². The van der Waals surface area contributed by atoms with Gasteiger partial charge in [0.2, 0.25) is 0 Å². The normalized spacial score (nSPS) is 19.6. The molecule has 0 amide bonds. The second-order valence-corrected chi connectivity index (χ2v) is 10.1. The van der Waals surface area contributed by atoms with Crippen molar-refractivity contribution < 1.29 is 18.3 Å². The summed E-state index contributed by atoms with van der Waals surface area (Å²) in [6.07, 6.45) is -0.141. The van der Waals surface area contributed by atoms with Crippen molar-refractivity contribution in [2.75, 3.05) is 24.7 Å². The maximum atomic E-state index is 11.9. The molecule has 1 saturated heterocycles. The Kier molecular flexibility index (Phi) is 6.99. The van der Waals surface area contributed by atoms with E-state index in [-0.39, 0.29) is 24.2 Å². The van der Waals surface area contributed by atoms with E-state index in [0.29, 0.717) is 30.3 Å². The Bertz CT molecular complexity index is 886. The fourth-order valence-corrected chi connectivity index (χ4v) is 5.34. The third-order valence-electron chi connectivity index (χ3n) is 4.90. The second kappa shape index (κ2) is 9.27. The van der Waals surface area contributed by atoms with Crippen molar-refractivity contribution in [2.24, 2.45) is 0 Å². The first kappa shape index (κ1) is 21.1. The molecular weight excluding hydrogens is 398 g/mol. The van der Waals surface area contributed by atoms with Crippen molar-refractivity contribution in [3.05, 3.63) is 64.7 Å². The van der Waals surface area contributed by atoms with Crippen LogP contribution in [0.2, 0.25) is 5.02 Å². The van der Waals surface area contributed by atoms with Crippen LogP contribution in [0.3, 0.4) is 0 Å². The molecule has 1 aliphatic heterocycles. The van der Waals surface area contributed by atoms with Crippen molar-refractivity contribution in [3.63, 3.8) is 0 Å². The highest BCUT2D eigenvalue weighted by Gasteiger charge is 2.33. The zero-order valence-corrected chi connectivity index (χ0v) is 17.5. The highest BCUT2D eigenvalue weighted by atomic mass is 35.5. The van der Waals surface area contributed by atoms with Crippen molar-refractivity contribution >= 4 is 21.4 Å². The van der Waals surface area contributed by atoms with E-state index in [1.807, 2.05) is 60.4 Å². The lowest BCUT2D eigenvalue weighted by Gasteiger charge is -2.30. The van der Waals surface area contributed by atoms with Gasteiger partial charge in [0.15, 0.2) is 9.84 Å². The molecule has 1 aliphatic rings. The zero-order valence-electron chi connectivity index (χ0n) is 15.9. The predicted octanol–water partition coefficient (Wildman–Crippen LogP) is 3.08. The van der Waals surface area contributed by atoms with Gasteiger partial charge in [-0.25, -0.2) is 8.42 Å². The van der Waals surface area contributed by atoms with E-state index < -0.39 is 15.9 Å². The Morgan fingerprint density at radius 3 is 2.64 bits per heavy atom. The number of aliphatic hydroxyl groups excluding tert-OH is 1. The number of aliphatic hydroxyl groups is 1. The lowest BCUT2D eigenvalue weighted by molar-refractivity contribution is 0.0524. The van der Waals surface area contributed by atoms with Crippen LogP contribution in [0.4, 0.5) is 0 Å². The summed E-state index contributed by atoms with van der Waals surface area (Å²) in [5.74, 6) is 1.04. The Labute approximate surface area is 171 Å². The monoisotopic (exact) mass is 423 g/mol. The van der Waals surface area contributed by atoms with Gasteiger partial charge < -0.3 is 9.84 Å². The lowest BCUT2D eigenvalue weighted by Crippen LogP contribution is -2.42. The standard InChI is InChI=1S/C21H26ClNO4S/c1-16-3-2-4-21(11-16)27-14-20(24)13-23(19-9-10-28(25,26)15-19)12-17-5-7-18(22)8-6-17/h2-8,11,19-20,24H,9-10,12-15H2,1H3. The molecule has 152 valence electrons. The minimum Gasteiger partial charge on any atom is -0.491 e. The maximum Gasteiger partial charge on any atom is 0.151 e. The first-order chi connectivity index (χ1) is 13.3. The molecule has 1 N–H and O–H groups in total.